The standard InChI is InChI=1S/C15H20N2O/c1-4-12-5-6-14(7-10(12)2)17-15(18)11(3)13-8-16-9-13/h5-7,16H,4,8-9H2,1-3H3,(H,17,18). The smallest absolute Gasteiger partial charge is 0.251 e. The zero-order chi connectivity index (χ0) is 13.1. The Morgan fingerprint density at radius 2 is 2.11 bits per heavy atom. The average molecular weight is 244 g/mol. The van der Waals surface area contributed by atoms with Crippen LogP contribution in [0.3, 0.4) is 0 Å². The lowest BCUT2D eigenvalue weighted by Crippen LogP contribution is -2.36. The third-order valence-electron chi connectivity index (χ3n) is 3.53. The first-order valence-electron chi connectivity index (χ1n) is 6.42. The molecule has 18 heavy (non-hydrogen) atoms. The normalized spacial score (nSPS) is 14.1. The molecule has 0 saturated carbocycles. The summed E-state index contributed by atoms with van der Waals surface area (Å²) in [6.07, 6.45) is 1.02. The summed E-state index contributed by atoms with van der Waals surface area (Å²) in [5.41, 5.74) is 5.47. The first-order valence-corrected chi connectivity index (χ1v) is 6.42. The zero-order valence-electron chi connectivity index (χ0n) is 11.3. The molecule has 1 aliphatic rings. The number of aryl methyl sites for hydroxylation is 2. The minimum absolute atomic E-state index is 0.00940. The van der Waals surface area contributed by atoms with Gasteiger partial charge in [-0.1, -0.05) is 13.0 Å². The Balaban J connectivity index is 2.10. The summed E-state index contributed by atoms with van der Waals surface area (Å²) in [5, 5.41) is 6.11. The Bertz CT molecular complexity index is 497. The number of amides is 1. The van der Waals surface area contributed by atoms with E-state index in [2.05, 4.69) is 30.5 Å². The van der Waals surface area contributed by atoms with E-state index in [1.807, 2.05) is 19.1 Å². The number of hydrogen-bond donors (Lipinski definition) is 2. The molecule has 3 heteroatoms. The highest BCUT2D eigenvalue weighted by Crippen LogP contribution is 2.17. The van der Waals surface area contributed by atoms with Gasteiger partial charge in [-0.15, -0.1) is 0 Å². The number of benzene rings is 1. The Kier molecular flexibility index (Phi) is 3.82. The lowest BCUT2D eigenvalue weighted by atomic mass is 10.0. The highest BCUT2D eigenvalue weighted by Gasteiger charge is 2.16. The van der Waals surface area contributed by atoms with Gasteiger partial charge in [0.25, 0.3) is 5.91 Å². The summed E-state index contributed by atoms with van der Waals surface area (Å²) in [6, 6.07) is 6.09. The van der Waals surface area contributed by atoms with Crippen molar-refractivity contribution in [3.05, 3.63) is 40.5 Å². The molecule has 0 aromatic heterocycles. The van der Waals surface area contributed by atoms with Gasteiger partial charge >= 0.3 is 0 Å². The van der Waals surface area contributed by atoms with Crippen LogP contribution in [0.15, 0.2) is 29.3 Å². The van der Waals surface area contributed by atoms with E-state index in [1.54, 1.807) is 0 Å². The fourth-order valence-electron chi connectivity index (χ4n) is 2.07. The van der Waals surface area contributed by atoms with Gasteiger partial charge in [0.2, 0.25) is 0 Å². The van der Waals surface area contributed by atoms with Gasteiger partial charge in [0.15, 0.2) is 0 Å². The minimum Gasteiger partial charge on any atom is -0.322 e. The summed E-state index contributed by atoms with van der Waals surface area (Å²) in [6.45, 7) is 7.79. The molecule has 1 fully saturated rings. The second-order valence-electron chi connectivity index (χ2n) is 4.78. The van der Waals surface area contributed by atoms with Crippen molar-refractivity contribution in [2.75, 3.05) is 18.4 Å². The molecule has 0 radical (unpaired) electrons. The van der Waals surface area contributed by atoms with Gasteiger partial charge in [0, 0.05) is 24.4 Å². The molecule has 0 bridgehead atoms. The van der Waals surface area contributed by atoms with E-state index in [-0.39, 0.29) is 5.91 Å². The number of anilines is 1. The van der Waals surface area contributed by atoms with E-state index in [0.717, 1.165) is 30.8 Å². The second kappa shape index (κ2) is 5.36. The van der Waals surface area contributed by atoms with E-state index in [9.17, 15) is 4.79 Å². The Labute approximate surface area is 108 Å². The molecule has 0 unspecified atom stereocenters. The first-order chi connectivity index (χ1) is 8.61. The van der Waals surface area contributed by atoms with Gasteiger partial charge in [0.1, 0.15) is 0 Å². The van der Waals surface area contributed by atoms with Crippen LogP contribution in [0.2, 0.25) is 0 Å². The van der Waals surface area contributed by atoms with Crippen LogP contribution in [-0.4, -0.2) is 19.0 Å². The van der Waals surface area contributed by atoms with Crippen LogP contribution in [0.25, 0.3) is 0 Å². The SMILES string of the molecule is CCc1ccc(NC(=O)C(C)=C2CNC2)cc1C. The van der Waals surface area contributed by atoms with Crippen LogP contribution in [0, 0.1) is 6.92 Å². The van der Waals surface area contributed by atoms with Crippen LogP contribution in [0.1, 0.15) is 25.0 Å². The maximum atomic E-state index is 12.0. The Morgan fingerprint density at radius 1 is 1.39 bits per heavy atom. The highest BCUT2D eigenvalue weighted by atomic mass is 16.1. The van der Waals surface area contributed by atoms with Crippen LogP contribution in [0.5, 0.6) is 0 Å². The van der Waals surface area contributed by atoms with E-state index in [4.69, 9.17) is 0 Å². The van der Waals surface area contributed by atoms with Gasteiger partial charge in [-0.2, -0.15) is 0 Å². The molecule has 1 aromatic rings. The molecular formula is C15H20N2O. The average Bonchev–Trinajstić information content (AvgIpc) is 2.26. The van der Waals surface area contributed by atoms with Gasteiger partial charge in [0.05, 0.1) is 0 Å². The summed E-state index contributed by atoms with van der Waals surface area (Å²) in [5.74, 6) is 0.00940. The molecular weight excluding hydrogens is 224 g/mol. The molecule has 1 aliphatic heterocycles. The quantitative estimate of drug-likeness (QED) is 0.802. The summed E-state index contributed by atoms with van der Waals surface area (Å²) < 4.78 is 0. The molecule has 0 atom stereocenters. The summed E-state index contributed by atoms with van der Waals surface area (Å²) in [4.78, 5) is 12.0. The molecule has 2 N–H and O–H groups in total. The number of carbonyl (C=O) groups excluding carboxylic acids is 1. The van der Waals surface area contributed by atoms with Crippen molar-refractivity contribution in [3.63, 3.8) is 0 Å². The first kappa shape index (κ1) is 12.8. The van der Waals surface area contributed by atoms with Crippen LogP contribution in [0.4, 0.5) is 5.69 Å². The van der Waals surface area contributed by atoms with Crippen LogP contribution in [-0.2, 0) is 11.2 Å². The minimum atomic E-state index is 0.00940. The topological polar surface area (TPSA) is 41.1 Å². The molecule has 1 amide bonds. The van der Waals surface area contributed by atoms with Gasteiger partial charge in [-0.25, -0.2) is 0 Å². The summed E-state index contributed by atoms with van der Waals surface area (Å²) in [7, 11) is 0. The molecule has 0 spiro atoms. The van der Waals surface area contributed by atoms with Crippen molar-refractivity contribution >= 4 is 11.6 Å². The molecule has 1 heterocycles. The highest BCUT2D eigenvalue weighted by molar-refractivity contribution is 6.04. The third-order valence-corrected chi connectivity index (χ3v) is 3.53. The van der Waals surface area contributed by atoms with E-state index < -0.39 is 0 Å². The van der Waals surface area contributed by atoms with E-state index in [0.29, 0.717) is 0 Å². The number of nitrogens with one attached hydrogen (secondary N) is 2. The fraction of sp³-hybridized carbons (Fsp3) is 0.400. The van der Waals surface area contributed by atoms with Crippen LogP contribution < -0.4 is 10.6 Å². The Morgan fingerprint density at radius 3 is 2.61 bits per heavy atom. The number of carbonyl (C=O) groups is 1. The Hall–Kier alpha value is -1.61. The fourth-order valence-corrected chi connectivity index (χ4v) is 2.07. The van der Waals surface area contributed by atoms with E-state index >= 15 is 0 Å². The van der Waals surface area contributed by atoms with Crippen molar-refractivity contribution in [1.29, 1.82) is 0 Å². The molecule has 0 aliphatic carbocycles. The predicted molar refractivity (Wildman–Crippen MR) is 74.8 cm³/mol. The lowest BCUT2D eigenvalue weighted by Gasteiger charge is -2.21. The molecule has 3 nitrogen and oxygen atoms in total. The van der Waals surface area contributed by atoms with Crippen molar-refractivity contribution in [2.45, 2.75) is 27.2 Å². The third kappa shape index (κ3) is 2.62. The van der Waals surface area contributed by atoms with Crippen LogP contribution >= 0.6 is 0 Å². The second-order valence-corrected chi connectivity index (χ2v) is 4.78. The van der Waals surface area contributed by atoms with E-state index in [1.165, 1.54) is 16.7 Å². The lowest BCUT2D eigenvalue weighted by molar-refractivity contribution is -0.112. The molecule has 1 aromatic carbocycles. The van der Waals surface area contributed by atoms with Gasteiger partial charge in [-0.3, -0.25) is 4.79 Å². The molecule has 2 rings (SSSR count). The predicted octanol–water partition coefficient (Wildman–Crippen LogP) is 2.42. The van der Waals surface area contributed by atoms with Crippen molar-refractivity contribution in [2.24, 2.45) is 0 Å². The maximum absolute atomic E-state index is 12.0. The van der Waals surface area contributed by atoms with Gasteiger partial charge < -0.3 is 10.6 Å². The summed E-state index contributed by atoms with van der Waals surface area (Å²) >= 11 is 0. The van der Waals surface area contributed by atoms with Crippen molar-refractivity contribution in [1.82, 2.24) is 5.32 Å². The zero-order valence-corrected chi connectivity index (χ0v) is 11.3. The monoisotopic (exact) mass is 244 g/mol. The molecule has 96 valence electrons. The number of hydrogen-bond acceptors (Lipinski definition) is 2. The molecule has 1 saturated heterocycles. The number of rotatable bonds is 3. The van der Waals surface area contributed by atoms with Crippen molar-refractivity contribution < 1.29 is 4.79 Å². The van der Waals surface area contributed by atoms with Crippen molar-refractivity contribution in [3.8, 4) is 0 Å². The maximum Gasteiger partial charge on any atom is 0.251 e. The largest absolute Gasteiger partial charge is 0.322 e. The van der Waals surface area contributed by atoms with Gasteiger partial charge in [-0.05, 0) is 49.1 Å².